The Hall–Kier alpha value is -1.57. The fourth-order valence-electron chi connectivity index (χ4n) is 4.84. The highest BCUT2D eigenvalue weighted by atomic mass is 32.2. The van der Waals surface area contributed by atoms with E-state index in [-0.39, 0.29) is 29.9 Å². The van der Waals surface area contributed by atoms with E-state index in [1.807, 2.05) is 24.2 Å². The predicted molar refractivity (Wildman–Crippen MR) is 148 cm³/mol. The Morgan fingerprint density at radius 1 is 1.17 bits per heavy atom. The summed E-state index contributed by atoms with van der Waals surface area (Å²) in [5.41, 5.74) is 2.00. The zero-order chi connectivity index (χ0) is 25.4. The summed E-state index contributed by atoms with van der Waals surface area (Å²) in [7, 11) is 1.42. The van der Waals surface area contributed by atoms with E-state index >= 15 is 0 Å². The van der Waals surface area contributed by atoms with Gasteiger partial charge < -0.3 is 14.4 Å². The Morgan fingerprint density at radius 2 is 1.91 bits per heavy atom. The Labute approximate surface area is 219 Å². The average molecular weight is 520 g/mol. The summed E-state index contributed by atoms with van der Waals surface area (Å²) in [6, 6.07) is 2.11. The van der Waals surface area contributed by atoms with Crippen LogP contribution in [0.15, 0.2) is 24.3 Å². The molecule has 0 spiro atoms. The number of allylic oxidation sites excluding steroid dienone is 3. The summed E-state index contributed by atoms with van der Waals surface area (Å²) in [6.07, 6.45) is 16.7. The van der Waals surface area contributed by atoms with E-state index in [1.165, 1.54) is 30.4 Å². The summed E-state index contributed by atoms with van der Waals surface area (Å²) in [4.78, 5) is 30.4. The lowest BCUT2D eigenvalue weighted by atomic mass is 9.90. The van der Waals surface area contributed by atoms with Crippen molar-refractivity contribution >= 4 is 46.2 Å². The van der Waals surface area contributed by atoms with Crippen LogP contribution in [0.25, 0.3) is 5.57 Å². The second-order valence-electron chi connectivity index (χ2n) is 9.92. The molecule has 35 heavy (non-hydrogen) atoms. The van der Waals surface area contributed by atoms with Crippen LogP contribution in [0.2, 0.25) is 0 Å². The second kappa shape index (κ2) is 13.7. The van der Waals surface area contributed by atoms with Crippen LogP contribution in [0.3, 0.4) is 0 Å². The third kappa shape index (κ3) is 7.46. The number of thiophene rings is 1. The first kappa shape index (κ1) is 28.0. The quantitative estimate of drug-likeness (QED) is 0.184. The van der Waals surface area contributed by atoms with Crippen LogP contribution in [0.1, 0.15) is 86.7 Å². The monoisotopic (exact) mass is 519 g/mol. The molecule has 1 heterocycles. The van der Waals surface area contributed by atoms with E-state index in [0.717, 1.165) is 49.8 Å². The minimum absolute atomic E-state index is 0.0396. The minimum atomic E-state index is -0.368. The van der Waals surface area contributed by atoms with Crippen molar-refractivity contribution in [2.45, 2.75) is 84.3 Å². The molecule has 0 aromatic carbocycles. The van der Waals surface area contributed by atoms with Crippen LogP contribution < -0.4 is 4.90 Å². The van der Waals surface area contributed by atoms with Gasteiger partial charge in [-0.25, -0.2) is 4.79 Å². The van der Waals surface area contributed by atoms with Crippen molar-refractivity contribution in [1.82, 2.24) is 0 Å². The molecule has 3 rings (SSSR count). The van der Waals surface area contributed by atoms with Crippen molar-refractivity contribution in [3.8, 4) is 0 Å². The van der Waals surface area contributed by atoms with Gasteiger partial charge in [-0.15, -0.1) is 23.1 Å². The molecule has 0 N–H and O–H groups in total. The van der Waals surface area contributed by atoms with Gasteiger partial charge in [-0.3, -0.25) is 4.79 Å². The first-order valence-electron chi connectivity index (χ1n) is 12.9. The number of carbonyl (C=O) groups is 2. The molecule has 1 aromatic rings. The zero-order valence-electron chi connectivity index (χ0n) is 21.9. The molecule has 0 bridgehead atoms. The highest BCUT2D eigenvalue weighted by Crippen LogP contribution is 2.41. The van der Waals surface area contributed by atoms with Gasteiger partial charge in [0.15, 0.2) is 0 Å². The van der Waals surface area contributed by atoms with Crippen LogP contribution in [0.4, 0.5) is 5.69 Å². The lowest BCUT2D eigenvalue weighted by Crippen LogP contribution is -2.46. The highest BCUT2D eigenvalue weighted by molar-refractivity contribution is 7.98. The van der Waals surface area contributed by atoms with Crippen molar-refractivity contribution in [1.29, 1.82) is 0 Å². The van der Waals surface area contributed by atoms with Crippen LogP contribution in [-0.2, 0) is 14.3 Å². The SMILES string of the molecule is COC(=O)c1sc(C2=CCCCC2)cc1N(C(=O)C(C)/C=C/C(C)C)C1CCC(OCSC)CC1. The van der Waals surface area contributed by atoms with E-state index in [0.29, 0.717) is 22.4 Å². The number of thioether (sulfide) groups is 1. The first-order valence-corrected chi connectivity index (χ1v) is 15.1. The van der Waals surface area contributed by atoms with Gasteiger partial charge in [0, 0.05) is 10.9 Å². The maximum absolute atomic E-state index is 13.9. The average Bonchev–Trinajstić information content (AvgIpc) is 3.31. The number of nitrogens with zero attached hydrogens (tertiary/aromatic N) is 1. The number of amides is 1. The molecular weight excluding hydrogens is 478 g/mol. The van der Waals surface area contributed by atoms with Crippen LogP contribution >= 0.6 is 23.1 Å². The Balaban J connectivity index is 1.97. The molecule has 5 nitrogen and oxygen atoms in total. The third-order valence-electron chi connectivity index (χ3n) is 6.79. The molecule has 1 fully saturated rings. The zero-order valence-corrected chi connectivity index (χ0v) is 23.5. The largest absolute Gasteiger partial charge is 0.465 e. The number of ether oxygens (including phenoxy) is 2. The van der Waals surface area contributed by atoms with E-state index in [2.05, 4.69) is 32.1 Å². The molecule has 1 amide bonds. The lowest BCUT2D eigenvalue weighted by molar-refractivity contribution is -0.121. The number of methoxy groups -OCH3 is 1. The van der Waals surface area contributed by atoms with E-state index in [9.17, 15) is 9.59 Å². The number of anilines is 1. The van der Waals surface area contributed by atoms with Crippen molar-refractivity contribution in [3.05, 3.63) is 34.0 Å². The van der Waals surface area contributed by atoms with Gasteiger partial charge in [-0.05, 0) is 75.2 Å². The van der Waals surface area contributed by atoms with Gasteiger partial charge in [-0.2, -0.15) is 0 Å². The smallest absolute Gasteiger partial charge is 0.350 e. The van der Waals surface area contributed by atoms with Crippen LogP contribution in [0, 0.1) is 11.8 Å². The van der Waals surface area contributed by atoms with E-state index < -0.39 is 0 Å². The topological polar surface area (TPSA) is 55.8 Å². The van der Waals surface area contributed by atoms with Crippen LogP contribution in [-0.4, -0.2) is 43.3 Å². The Kier molecular flexibility index (Phi) is 10.9. The standard InChI is InChI=1S/C28H41NO4S2/c1-19(2)11-12-20(3)27(30)29(22-13-15-23(16-14-22)33-18-34-5)24-17-25(21-9-7-6-8-10-21)35-26(24)28(31)32-4/h9,11-12,17,19-20,22-23H,6-8,10,13-16,18H2,1-5H3/b12-11+. The molecule has 1 aromatic heterocycles. The molecule has 0 aliphatic heterocycles. The summed E-state index contributed by atoms with van der Waals surface area (Å²) < 4.78 is 11.1. The van der Waals surface area contributed by atoms with Gasteiger partial charge in [0.1, 0.15) is 4.88 Å². The second-order valence-corrected chi connectivity index (χ2v) is 11.8. The minimum Gasteiger partial charge on any atom is -0.465 e. The molecule has 0 saturated heterocycles. The maximum atomic E-state index is 13.9. The molecule has 2 aliphatic rings. The van der Waals surface area contributed by atoms with Crippen molar-refractivity contribution < 1.29 is 19.1 Å². The Bertz CT molecular complexity index is 912. The van der Waals surface area contributed by atoms with Gasteiger partial charge in [0.2, 0.25) is 5.91 Å². The molecule has 1 saturated carbocycles. The molecular formula is C28H41NO4S2. The summed E-state index contributed by atoms with van der Waals surface area (Å²) in [5, 5.41) is 0. The van der Waals surface area contributed by atoms with E-state index in [1.54, 1.807) is 11.8 Å². The van der Waals surface area contributed by atoms with Gasteiger partial charge >= 0.3 is 5.97 Å². The molecule has 194 valence electrons. The third-order valence-corrected chi connectivity index (χ3v) is 8.34. The highest BCUT2D eigenvalue weighted by Gasteiger charge is 2.35. The molecule has 1 unspecified atom stereocenters. The summed E-state index contributed by atoms with van der Waals surface area (Å²) >= 11 is 3.16. The van der Waals surface area contributed by atoms with Crippen molar-refractivity contribution in [3.63, 3.8) is 0 Å². The maximum Gasteiger partial charge on any atom is 0.350 e. The lowest BCUT2D eigenvalue weighted by Gasteiger charge is -2.37. The number of hydrogen-bond donors (Lipinski definition) is 0. The summed E-state index contributed by atoms with van der Waals surface area (Å²) in [6.45, 7) is 6.18. The normalized spacial score (nSPS) is 21.7. The number of esters is 1. The first-order chi connectivity index (χ1) is 16.8. The van der Waals surface area contributed by atoms with Gasteiger partial charge in [0.25, 0.3) is 0 Å². The van der Waals surface area contributed by atoms with E-state index in [4.69, 9.17) is 9.47 Å². The molecule has 1 atom stereocenters. The van der Waals surface area contributed by atoms with Crippen LogP contribution in [0.5, 0.6) is 0 Å². The van der Waals surface area contributed by atoms with Gasteiger partial charge in [-0.1, -0.05) is 39.0 Å². The fraction of sp³-hybridized carbons (Fsp3) is 0.643. The molecule has 0 radical (unpaired) electrons. The number of carbonyl (C=O) groups excluding carboxylic acids is 2. The molecule has 2 aliphatic carbocycles. The van der Waals surface area contributed by atoms with Crippen molar-refractivity contribution in [2.75, 3.05) is 24.2 Å². The van der Waals surface area contributed by atoms with Crippen molar-refractivity contribution in [2.24, 2.45) is 11.8 Å². The summed E-state index contributed by atoms with van der Waals surface area (Å²) in [5.74, 6) is 0.477. The Morgan fingerprint density at radius 3 is 2.51 bits per heavy atom. The number of rotatable bonds is 10. The fourth-order valence-corrected chi connectivity index (χ4v) is 6.30. The number of hydrogen-bond acceptors (Lipinski definition) is 6. The molecule has 7 heteroatoms. The predicted octanol–water partition coefficient (Wildman–Crippen LogP) is 7.32. The van der Waals surface area contributed by atoms with Gasteiger partial charge in [0.05, 0.1) is 30.8 Å².